The van der Waals surface area contributed by atoms with Crippen LogP contribution in [0.1, 0.15) is 5.56 Å². The first kappa shape index (κ1) is 12.3. The highest BCUT2D eigenvalue weighted by Gasteiger charge is 2.33. The molecule has 0 saturated heterocycles. The fraction of sp³-hybridized carbons (Fsp3) is 0.300. The summed E-state index contributed by atoms with van der Waals surface area (Å²) in [6.07, 6.45) is -4.54. The van der Waals surface area contributed by atoms with E-state index in [1.54, 1.807) is 0 Å². The summed E-state index contributed by atoms with van der Waals surface area (Å²) in [4.78, 5) is 2.81. The average molecular weight is 230 g/mol. The zero-order chi connectivity index (χ0) is 12.2. The van der Waals surface area contributed by atoms with Crippen LogP contribution in [0.2, 0.25) is 0 Å². The van der Waals surface area contributed by atoms with E-state index in [-0.39, 0.29) is 18.8 Å². The molecule has 0 aliphatic carbocycles. The largest absolute Gasteiger partial charge is 0.407 e. The molecule has 86 valence electrons. The van der Waals surface area contributed by atoms with E-state index in [1.165, 1.54) is 6.07 Å². The van der Waals surface area contributed by atoms with E-state index >= 15 is 0 Å². The van der Waals surface area contributed by atoms with Crippen LogP contribution in [0, 0.1) is 6.57 Å². The summed E-state index contributed by atoms with van der Waals surface area (Å²) in [5.74, 6) is 0. The van der Waals surface area contributed by atoms with Gasteiger partial charge in [-0.25, -0.2) is 4.85 Å². The summed E-state index contributed by atoms with van der Waals surface area (Å²) in [6, 6.07) is 3.34. The Morgan fingerprint density at radius 3 is 2.56 bits per heavy atom. The minimum atomic E-state index is -4.54. The molecule has 2 N–H and O–H groups in total. The van der Waals surface area contributed by atoms with E-state index in [4.69, 9.17) is 11.7 Å². The maximum Gasteiger partial charge on any atom is 0.407 e. The fourth-order valence-electron chi connectivity index (χ4n) is 1.17. The number of aliphatic hydroxyl groups is 1. The molecule has 0 unspecified atom stereocenters. The number of nitrogens with zero attached hydrogens (tertiary/aromatic N) is 1. The van der Waals surface area contributed by atoms with E-state index in [1.807, 2.05) is 0 Å². The Morgan fingerprint density at radius 2 is 2.06 bits per heavy atom. The lowest BCUT2D eigenvalue weighted by molar-refractivity contribution is -0.136. The first-order valence-corrected chi connectivity index (χ1v) is 4.42. The number of rotatable bonds is 3. The molecule has 0 aliphatic heterocycles. The van der Waals surface area contributed by atoms with Crippen LogP contribution < -0.4 is 5.32 Å². The fourth-order valence-corrected chi connectivity index (χ4v) is 1.17. The van der Waals surface area contributed by atoms with Gasteiger partial charge in [-0.15, -0.1) is 0 Å². The van der Waals surface area contributed by atoms with Crippen molar-refractivity contribution in [1.82, 2.24) is 0 Å². The zero-order valence-corrected chi connectivity index (χ0v) is 8.17. The molecule has 6 heteroatoms. The molecule has 0 aromatic heterocycles. The van der Waals surface area contributed by atoms with Gasteiger partial charge in [0.15, 0.2) is 5.69 Å². The number of hydrogen-bond acceptors (Lipinski definition) is 2. The van der Waals surface area contributed by atoms with Gasteiger partial charge in [0.1, 0.15) is 0 Å². The van der Waals surface area contributed by atoms with Crippen molar-refractivity contribution < 1.29 is 18.3 Å². The number of alkyl halides is 3. The highest BCUT2D eigenvalue weighted by Crippen LogP contribution is 2.37. The highest BCUT2D eigenvalue weighted by atomic mass is 19.4. The molecule has 0 heterocycles. The first-order valence-electron chi connectivity index (χ1n) is 4.42. The van der Waals surface area contributed by atoms with Crippen molar-refractivity contribution in [3.05, 3.63) is 35.2 Å². The maximum absolute atomic E-state index is 12.5. The summed E-state index contributed by atoms with van der Waals surface area (Å²) in [5.41, 5.74) is -1.17. The molecular weight excluding hydrogens is 221 g/mol. The number of hydrogen-bond donors (Lipinski definition) is 2. The molecule has 1 aromatic carbocycles. The van der Waals surface area contributed by atoms with Crippen LogP contribution in [0.4, 0.5) is 24.5 Å². The minimum Gasteiger partial charge on any atom is -0.395 e. The van der Waals surface area contributed by atoms with Crippen molar-refractivity contribution in [2.24, 2.45) is 0 Å². The molecule has 0 fully saturated rings. The second-order valence-corrected chi connectivity index (χ2v) is 2.99. The van der Waals surface area contributed by atoms with E-state index in [0.717, 1.165) is 12.1 Å². The van der Waals surface area contributed by atoms with Gasteiger partial charge >= 0.3 is 6.18 Å². The molecule has 0 bridgehead atoms. The Bertz CT molecular complexity index is 410. The Labute approximate surface area is 90.3 Å². The quantitative estimate of drug-likeness (QED) is 0.783. The van der Waals surface area contributed by atoms with Crippen LogP contribution in [0.5, 0.6) is 0 Å². The molecule has 3 nitrogen and oxygen atoms in total. The summed E-state index contributed by atoms with van der Waals surface area (Å²) in [6.45, 7) is 6.62. The van der Waals surface area contributed by atoms with Gasteiger partial charge in [-0.3, -0.25) is 0 Å². The first-order chi connectivity index (χ1) is 7.49. The zero-order valence-electron chi connectivity index (χ0n) is 8.17. The van der Waals surface area contributed by atoms with E-state index in [2.05, 4.69) is 10.2 Å². The lowest BCUT2D eigenvalue weighted by atomic mass is 10.1. The van der Waals surface area contributed by atoms with Gasteiger partial charge in [0.05, 0.1) is 18.7 Å². The Morgan fingerprint density at radius 1 is 1.38 bits per heavy atom. The molecule has 0 atom stereocenters. The Hall–Kier alpha value is -1.74. The van der Waals surface area contributed by atoms with E-state index < -0.39 is 17.4 Å². The molecule has 1 rings (SSSR count). The normalized spacial score (nSPS) is 10.9. The van der Waals surface area contributed by atoms with Gasteiger partial charge in [0.2, 0.25) is 0 Å². The molecule has 0 amide bonds. The minimum absolute atomic E-state index is 0.161. The van der Waals surface area contributed by atoms with Crippen LogP contribution in [0.3, 0.4) is 0 Å². The van der Waals surface area contributed by atoms with Crippen molar-refractivity contribution in [1.29, 1.82) is 0 Å². The second-order valence-electron chi connectivity index (χ2n) is 2.99. The third-order valence-electron chi connectivity index (χ3n) is 1.86. The van der Waals surface area contributed by atoms with Crippen molar-refractivity contribution >= 4 is 11.4 Å². The van der Waals surface area contributed by atoms with Crippen LogP contribution in [0.25, 0.3) is 4.85 Å². The van der Waals surface area contributed by atoms with Crippen molar-refractivity contribution in [2.45, 2.75) is 6.18 Å². The Balaban J connectivity index is 3.08. The highest BCUT2D eigenvalue weighted by molar-refractivity contribution is 5.61. The van der Waals surface area contributed by atoms with E-state index in [0.29, 0.717) is 0 Å². The lowest BCUT2D eigenvalue weighted by Gasteiger charge is -2.11. The van der Waals surface area contributed by atoms with Gasteiger partial charge < -0.3 is 10.4 Å². The van der Waals surface area contributed by atoms with Crippen LogP contribution >= 0.6 is 0 Å². The van der Waals surface area contributed by atoms with Crippen molar-refractivity contribution in [3.63, 3.8) is 0 Å². The lowest BCUT2D eigenvalue weighted by Crippen LogP contribution is -2.09. The number of aliphatic hydroxyl groups excluding tert-OH is 1. The molecule has 16 heavy (non-hydrogen) atoms. The number of benzene rings is 1. The van der Waals surface area contributed by atoms with Crippen molar-refractivity contribution in [3.8, 4) is 0 Å². The van der Waals surface area contributed by atoms with Gasteiger partial charge in [0, 0.05) is 12.2 Å². The smallest absolute Gasteiger partial charge is 0.395 e. The van der Waals surface area contributed by atoms with Crippen molar-refractivity contribution in [2.75, 3.05) is 18.5 Å². The van der Waals surface area contributed by atoms with Gasteiger partial charge in [-0.2, -0.15) is 13.2 Å². The Kier molecular flexibility index (Phi) is 3.74. The SMILES string of the molecule is [C-]#[N+]c1ccc(NCCO)cc1C(F)(F)F. The predicted octanol–water partition coefficient (Wildman–Crippen LogP) is 2.66. The predicted molar refractivity (Wildman–Crippen MR) is 53.3 cm³/mol. The monoisotopic (exact) mass is 230 g/mol. The topological polar surface area (TPSA) is 36.6 Å². The summed E-state index contributed by atoms with van der Waals surface area (Å²) in [7, 11) is 0. The number of nitrogens with one attached hydrogen (secondary N) is 1. The summed E-state index contributed by atoms with van der Waals surface area (Å²) in [5, 5.41) is 11.1. The van der Waals surface area contributed by atoms with Crippen LogP contribution in [-0.2, 0) is 6.18 Å². The van der Waals surface area contributed by atoms with Gasteiger partial charge in [0.25, 0.3) is 0 Å². The summed E-state index contributed by atoms with van der Waals surface area (Å²) < 4.78 is 37.6. The molecule has 1 aromatic rings. The molecule has 0 spiro atoms. The van der Waals surface area contributed by atoms with Crippen LogP contribution in [0.15, 0.2) is 18.2 Å². The van der Waals surface area contributed by atoms with E-state index in [9.17, 15) is 13.2 Å². The molecule has 0 saturated carbocycles. The third-order valence-corrected chi connectivity index (χ3v) is 1.86. The third kappa shape index (κ3) is 2.87. The molecular formula is C10H9F3N2O. The molecule has 0 aliphatic rings. The van der Waals surface area contributed by atoms with Crippen LogP contribution in [-0.4, -0.2) is 18.3 Å². The van der Waals surface area contributed by atoms with Gasteiger partial charge in [-0.05, 0) is 12.1 Å². The second kappa shape index (κ2) is 4.86. The maximum atomic E-state index is 12.5. The average Bonchev–Trinajstić information content (AvgIpc) is 2.24. The standard InChI is InChI=1S/C10H9F3N2O/c1-14-9-3-2-7(15-4-5-16)6-8(9)10(11,12)13/h2-3,6,15-16H,4-5H2. The molecule has 0 radical (unpaired) electrons. The summed E-state index contributed by atoms with van der Waals surface area (Å²) >= 11 is 0. The van der Waals surface area contributed by atoms with Gasteiger partial charge in [-0.1, -0.05) is 6.07 Å². The number of halogens is 3. The number of anilines is 1.